The van der Waals surface area contributed by atoms with Crippen LogP contribution in [0.5, 0.6) is 0 Å². The van der Waals surface area contributed by atoms with Gasteiger partial charge in [-0.3, -0.25) is 15.9 Å². The van der Waals surface area contributed by atoms with Gasteiger partial charge >= 0.3 is 5.97 Å². The summed E-state index contributed by atoms with van der Waals surface area (Å²) in [5.74, 6) is -0.761. The molecule has 0 aliphatic carbocycles. The van der Waals surface area contributed by atoms with Crippen LogP contribution in [0.2, 0.25) is 0 Å². The van der Waals surface area contributed by atoms with Crippen LogP contribution in [0, 0.1) is 5.41 Å². The van der Waals surface area contributed by atoms with Crippen molar-refractivity contribution in [1.82, 2.24) is 15.6 Å². The zero-order valence-electron chi connectivity index (χ0n) is 18.6. The van der Waals surface area contributed by atoms with E-state index in [4.69, 9.17) is 15.4 Å². The Balaban J connectivity index is 1.52. The van der Waals surface area contributed by atoms with Crippen LogP contribution < -0.4 is 10.7 Å². The number of hydrazone groups is 1. The second-order valence-corrected chi connectivity index (χ2v) is 7.04. The standard InChI is InChI=1S/C23H21N9O3/c1-2-35-23(33)15-8-10-17(11-9-15)27-21-22(29-20(32-34)19(24)28-21)31-26-13-16-12-25-30-18(16)14-6-4-3-5-7-14/h3-13,34H,2H2,1H3,(H,25,30)(H2,24,27,28)(H,29,31,32)/b26-13+. The van der Waals surface area contributed by atoms with Gasteiger partial charge in [0.15, 0.2) is 17.5 Å². The number of benzene rings is 2. The van der Waals surface area contributed by atoms with Crippen molar-refractivity contribution in [3.8, 4) is 11.3 Å². The number of oxime groups is 1. The molecular formula is C23H21N9O3. The van der Waals surface area contributed by atoms with E-state index in [1.54, 1.807) is 43.6 Å². The van der Waals surface area contributed by atoms with E-state index >= 15 is 0 Å². The second kappa shape index (κ2) is 10.7. The summed E-state index contributed by atoms with van der Waals surface area (Å²) in [6.45, 7) is 2.02. The monoisotopic (exact) mass is 471 g/mol. The molecule has 0 saturated heterocycles. The first-order valence-electron chi connectivity index (χ1n) is 10.5. The van der Waals surface area contributed by atoms with Gasteiger partial charge in [0.05, 0.1) is 18.4 Å². The predicted octanol–water partition coefficient (Wildman–Crippen LogP) is 2.86. The van der Waals surface area contributed by atoms with Gasteiger partial charge in [0.25, 0.3) is 0 Å². The Hall–Kier alpha value is -5.13. The van der Waals surface area contributed by atoms with E-state index in [-0.39, 0.29) is 29.9 Å². The number of esters is 1. The fourth-order valence-corrected chi connectivity index (χ4v) is 3.09. The summed E-state index contributed by atoms with van der Waals surface area (Å²) in [7, 11) is 0. The summed E-state index contributed by atoms with van der Waals surface area (Å²) in [5.41, 5.74) is 6.10. The highest BCUT2D eigenvalue weighted by molar-refractivity contribution is 6.57. The molecular weight excluding hydrogens is 450 g/mol. The van der Waals surface area contributed by atoms with Crippen molar-refractivity contribution in [3.05, 3.63) is 71.9 Å². The third kappa shape index (κ3) is 5.45. The van der Waals surface area contributed by atoms with Crippen LogP contribution in [-0.2, 0) is 4.74 Å². The number of anilines is 1. The van der Waals surface area contributed by atoms with Crippen LogP contribution in [0.3, 0.4) is 0 Å². The summed E-state index contributed by atoms with van der Waals surface area (Å²) in [6, 6.07) is 16.1. The number of hydrogen-bond donors (Lipinski definition) is 5. The number of aliphatic imine (C=N–C) groups is 2. The number of amidine groups is 4. The lowest BCUT2D eigenvalue weighted by Crippen LogP contribution is -2.38. The van der Waals surface area contributed by atoms with E-state index in [9.17, 15) is 4.79 Å². The lowest BCUT2D eigenvalue weighted by molar-refractivity contribution is 0.0526. The largest absolute Gasteiger partial charge is 0.462 e. The summed E-state index contributed by atoms with van der Waals surface area (Å²) >= 11 is 0. The quantitative estimate of drug-likeness (QED) is 0.160. The third-order valence-corrected chi connectivity index (χ3v) is 4.72. The van der Waals surface area contributed by atoms with E-state index in [2.05, 4.69) is 41.2 Å². The van der Waals surface area contributed by atoms with Gasteiger partial charge in [-0.15, -0.1) is 0 Å². The average molecular weight is 471 g/mol. The molecule has 0 amide bonds. The number of hydrogen-bond acceptors (Lipinski definition) is 9. The minimum absolute atomic E-state index is 0.115. The zero-order chi connectivity index (χ0) is 24.6. The summed E-state index contributed by atoms with van der Waals surface area (Å²) in [5, 5.41) is 34.4. The van der Waals surface area contributed by atoms with Crippen molar-refractivity contribution < 1.29 is 14.7 Å². The maximum absolute atomic E-state index is 11.9. The molecule has 0 unspecified atom stereocenters. The molecule has 4 rings (SSSR count). The first kappa shape index (κ1) is 23.0. The lowest BCUT2D eigenvalue weighted by atomic mass is 10.1. The molecule has 0 spiro atoms. The molecule has 2 heterocycles. The number of aromatic amines is 1. The normalized spacial score (nSPS) is 14.5. The molecule has 35 heavy (non-hydrogen) atoms. The SMILES string of the molecule is CCOC(=O)c1ccc(NC2=NC(=N)/C(=N\O)N=C2N/N=C/c2c[nH]nc2-c2ccccc2)cc1. The molecule has 0 atom stereocenters. The van der Waals surface area contributed by atoms with E-state index < -0.39 is 5.97 Å². The fraction of sp³-hybridized carbons (Fsp3) is 0.0870. The maximum atomic E-state index is 11.9. The average Bonchev–Trinajstić information content (AvgIpc) is 3.35. The molecule has 0 radical (unpaired) electrons. The van der Waals surface area contributed by atoms with Gasteiger partial charge in [0, 0.05) is 23.0 Å². The molecule has 5 N–H and O–H groups in total. The Morgan fingerprint density at radius 2 is 1.91 bits per heavy atom. The lowest BCUT2D eigenvalue weighted by Gasteiger charge is -2.16. The van der Waals surface area contributed by atoms with Gasteiger partial charge in [0.1, 0.15) is 5.69 Å². The smallest absolute Gasteiger partial charge is 0.338 e. The van der Waals surface area contributed by atoms with Crippen LogP contribution in [0.15, 0.2) is 81.0 Å². The van der Waals surface area contributed by atoms with Crippen LogP contribution >= 0.6 is 0 Å². The van der Waals surface area contributed by atoms with Crippen molar-refractivity contribution in [3.63, 3.8) is 0 Å². The maximum Gasteiger partial charge on any atom is 0.338 e. The number of H-pyrrole nitrogens is 1. The molecule has 0 saturated carbocycles. The van der Waals surface area contributed by atoms with Crippen molar-refractivity contribution in [2.75, 3.05) is 11.9 Å². The molecule has 12 nitrogen and oxygen atoms in total. The second-order valence-electron chi connectivity index (χ2n) is 7.04. The number of carbonyl (C=O) groups is 1. The number of ether oxygens (including phenoxy) is 1. The van der Waals surface area contributed by atoms with Crippen LogP contribution in [0.1, 0.15) is 22.8 Å². The van der Waals surface area contributed by atoms with Gasteiger partial charge in [-0.05, 0) is 31.2 Å². The van der Waals surface area contributed by atoms with Crippen molar-refractivity contribution in [2.45, 2.75) is 6.92 Å². The van der Waals surface area contributed by atoms with Gasteiger partial charge in [-0.1, -0.05) is 35.5 Å². The molecule has 176 valence electrons. The third-order valence-electron chi connectivity index (χ3n) is 4.72. The van der Waals surface area contributed by atoms with Crippen LogP contribution in [0.4, 0.5) is 5.69 Å². The Morgan fingerprint density at radius 1 is 1.14 bits per heavy atom. The van der Waals surface area contributed by atoms with Crippen LogP contribution in [0.25, 0.3) is 11.3 Å². The molecule has 12 heteroatoms. The van der Waals surface area contributed by atoms with Gasteiger partial charge < -0.3 is 15.3 Å². The molecule has 1 aliphatic heterocycles. The summed E-state index contributed by atoms with van der Waals surface area (Å²) in [4.78, 5) is 20.1. The van der Waals surface area contributed by atoms with Crippen LogP contribution in [-0.4, -0.2) is 57.5 Å². The Bertz CT molecular complexity index is 1340. The van der Waals surface area contributed by atoms with Gasteiger partial charge in [-0.25, -0.2) is 9.79 Å². The zero-order valence-corrected chi connectivity index (χ0v) is 18.6. The van der Waals surface area contributed by atoms with E-state index in [0.717, 1.165) is 16.8 Å². The number of rotatable bonds is 6. The first-order valence-corrected chi connectivity index (χ1v) is 10.5. The topological polar surface area (TPSA) is 173 Å². The summed E-state index contributed by atoms with van der Waals surface area (Å²) < 4.78 is 4.98. The molecule has 1 aliphatic rings. The van der Waals surface area contributed by atoms with E-state index in [1.165, 1.54) is 0 Å². The van der Waals surface area contributed by atoms with E-state index in [0.29, 0.717) is 11.3 Å². The van der Waals surface area contributed by atoms with Gasteiger partial charge in [0.2, 0.25) is 5.84 Å². The number of carbonyl (C=O) groups excluding carboxylic acids is 1. The number of nitrogens with one attached hydrogen (secondary N) is 4. The van der Waals surface area contributed by atoms with E-state index in [1.807, 2.05) is 30.3 Å². The summed E-state index contributed by atoms with van der Waals surface area (Å²) in [6.07, 6.45) is 3.25. The first-order chi connectivity index (χ1) is 17.1. The van der Waals surface area contributed by atoms with Gasteiger partial charge in [-0.2, -0.15) is 15.2 Å². The highest BCUT2D eigenvalue weighted by atomic mass is 16.5. The predicted molar refractivity (Wildman–Crippen MR) is 133 cm³/mol. The Kier molecular flexibility index (Phi) is 7.02. The number of nitrogens with zero attached hydrogens (tertiary/aromatic N) is 5. The minimum Gasteiger partial charge on any atom is -0.462 e. The molecule has 0 fully saturated rings. The van der Waals surface area contributed by atoms with Crippen molar-refractivity contribution in [2.24, 2.45) is 20.2 Å². The Morgan fingerprint density at radius 3 is 2.63 bits per heavy atom. The highest BCUT2D eigenvalue weighted by Gasteiger charge is 2.21. The Labute approximate surface area is 199 Å². The highest BCUT2D eigenvalue weighted by Crippen LogP contribution is 2.19. The minimum atomic E-state index is -0.424. The number of aromatic nitrogens is 2. The molecule has 1 aromatic heterocycles. The van der Waals surface area contributed by atoms with Crippen molar-refractivity contribution in [1.29, 1.82) is 5.41 Å². The molecule has 2 aromatic carbocycles. The van der Waals surface area contributed by atoms with Crippen molar-refractivity contribution >= 4 is 41.2 Å². The molecule has 0 bridgehead atoms. The fourth-order valence-electron chi connectivity index (χ4n) is 3.09. The molecule has 3 aromatic rings.